The van der Waals surface area contributed by atoms with Gasteiger partial charge in [-0.05, 0) is 19.3 Å². The van der Waals surface area contributed by atoms with E-state index in [-0.39, 0.29) is 38.8 Å². The Bertz CT molecular complexity index is 387. The maximum absolute atomic E-state index is 11.2. The maximum Gasteiger partial charge on any atom is 0.306 e. The fourth-order valence-electron chi connectivity index (χ4n) is 1.50. The van der Waals surface area contributed by atoms with Gasteiger partial charge in [0, 0.05) is 12.8 Å². The summed E-state index contributed by atoms with van der Waals surface area (Å²) in [5, 5.41) is 17.4. The Balaban J connectivity index is 3.86. The van der Waals surface area contributed by atoms with Gasteiger partial charge in [0.15, 0.2) is 0 Å². The Hall–Kier alpha value is -2.21. The number of ether oxygens (including phenoxy) is 1. The highest BCUT2D eigenvalue weighted by atomic mass is 16.5. The molecule has 0 aromatic rings. The van der Waals surface area contributed by atoms with Crippen molar-refractivity contribution in [2.75, 3.05) is 13.2 Å². The Kier molecular flexibility index (Phi) is 9.51. The molecule has 0 radical (unpaired) electrons. The largest absolute Gasteiger partial charge is 0.481 e. The van der Waals surface area contributed by atoms with Crippen LogP contribution in [0.25, 0.3) is 0 Å². The number of nitrogens with zero attached hydrogens (tertiary/aromatic N) is 1. The van der Waals surface area contributed by atoms with Crippen LogP contribution in [0.15, 0.2) is 4.99 Å². The standard InChI is InChI=1S/C12H17NO7/c14-8-13-6-7-20-11(17)3-1-2-9(12(18)19)4-5-10(15)16/h9H,1-7H2,(H,15,16)(H,18,19). The number of hydrogen-bond acceptors (Lipinski definition) is 6. The summed E-state index contributed by atoms with van der Waals surface area (Å²) in [5.41, 5.74) is 0. The molecule has 0 aromatic carbocycles. The van der Waals surface area contributed by atoms with Crippen LogP contribution in [0.1, 0.15) is 32.1 Å². The van der Waals surface area contributed by atoms with Crippen LogP contribution in [0.5, 0.6) is 0 Å². The molecule has 20 heavy (non-hydrogen) atoms. The highest BCUT2D eigenvalue weighted by Gasteiger charge is 2.18. The molecule has 8 nitrogen and oxygen atoms in total. The van der Waals surface area contributed by atoms with Gasteiger partial charge in [0.05, 0.1) is 12.5 Å². The molecule has 0 aliphatic rings. The number of rotatable bonds is 11. The van der Waals surface area contributed by atoms with E-state index in [2.05, 4.69) is 4.99 Å². The molecule has 0 heterocycles. The van der Waals surface area contributed by atoms with E-state index >= 15 is 0 Å². The van der Waals surface area contributed by atoms with E-state index in [0.29, 0.717) is 6.42 Å². The first kappa shape index (κ1) is 17.8. The van der Waals surface area contributed by atoms with Crippen molar-refractivity contribution in [1.29, 1.82) is 0 Å². The van der Waals surface area contributed by atoms with Gasteiger partial charge in [-0.3, -0.25) is 14.4 Å². The molecule has 0 saturated heterocycles. The fraction of sp³-hybridized carbons (Fsp3) is 0.667. The second-order valence-corrected chi connectivity index (χ2v) is 4.05. The summed E-state index contributed by atoms with van der Waals surface area (Å²) in [6.45, 7) is 0.0288. The average molecular weight is 287 g/mol. The van der Waals surface area contributed by atoms with Gasteiger partial charge in [0.1, 0.15) is 6.61 Å². The lowest BCUT2D eigenvalue weighted by Gasteiger charge is -2.10. The molecule has 1 unspecified atom stereocenters. The number of hydrogen-bond donors (Lipinski definition) is 2. The van der Waals surface area contributed by atoms with Gasteiger partial charge in [-0.2, -0.15) is 0 Å². The molecule has 8 heteroatoms. The van der Waals surface area contributed by atoms with Gasteiger partial charge in [-0.1, -0.05) is 0 Å². The number of carbonyl (C=O) groups is 3. The summed E-state index contributed by atoms with van der Waals surface area (Å²) in [5.74, 6) is -3.40. The smallest absolute Gasteiger partial charge is 0.306 e. The molecule has 0 spiro atoms. The lowest BCUT2D eigenvalue weighted by Crippen LogP contribution is -2.16. The summed E-state index contributed by atoms with van der Waals surface area (Å²) in [7, 11) is 0. The third-order valence-corrected chi connectivity index (χ3v) is 2.52. The fourth-order valence-corrected chi connectivity index (χ4v) is 1.50. The third kappa shape index (κ3) is 9.78. The predicted octanol–water partition coefficient (Wildman–Crippen LogP) is 0.601. The molecule has 0 rings (SSSR count). The van der Waals surface area contributed by atoms with Gasteiger partial charge < -0.3 is 14.9 Å². The number of isocyanates is 1. The normalized spacial score (nSPS) is 11.2. The second-order valence-electron chi connectivity index (χ2n) is 4.05. The van der Waals surface area contributed by atoms with Crippen LogP contribution >= 0.6 is 0 Å². The van der Waals surface area contributed by atoms with Crippen LogP contribution in [0.2, 0.25) is 0 Å². The molecule has 1 atom stereocenters. The quantitative estimate of drug-likeness (QED) is 0.246. The van der Waals surface area contributed by atoms with Crippen LogP contribution in [-0.2, 0) is 23.9 Å². The SMILES string of the molecule is O=C=NCCOC(=O)CCCC(CCC(=O)O)C(=O)O. The summed E-state index contributed by atoms with van der Waals surface area (Å²) < 4.78 is 4.73. The Labute approximate surface area is 115 Å². The number of carboxylic acids is 2. The maximum atomic E-state index is 11.2. The van der Waals surface area contributed by atoms with E-state index in [4.69, 9.17) is 14.9 Å². The van der Waals surface area contributed by atoms with Gasteiger partial charge in [0.25, 0.3) is 0 Å². The molecular weight excluding hydrogens is 270 g/mol. The highest BCUT2D eigenvalue weighted by molar-refractivity contribution is 5.72. The molecule has 0 fully saturated rings. The summed E-state index contributed by atoms with van der Waals surface area (Å²) >= 11 is 0. The summed E-state index contributed by atoms with van der Waals surface area (Å²) in [4.78, 5) is 45.4. The Morgan fingerprint density at radius 1 is 1.15 bits per heavy atom. The number of aliphatic carboxylic acids is 2. The van der Waals surface area contributed by atoms with E-state index in [1.54, 1.807) is 0 Å². The number of carboxylic acid groups (broad SMARTS) is 2. The zero-order chi connectivity index (χ0) is 15.4. The first-order valence-electron chi connectivity index (χ1n) is 6.11. The lowest BCUT2D eigenvalue weighted by molar-refractivity contribution is -0.146. The van der Waals surface area contributed by atoms with Crippen LogP contribution in [-0.4, -0.2) is 47.4 Å². The van der Waals surface area contributed by atoms with Crippen LogP contribution < -0.4 is 0 Å². The van der Waals surface area contributed by atoms with E-state index in [9.17, 15) is 19.2 Å². The molecule has 0 amide bonds. The topological polar surface area (TPSA) is 130 Å². The average Bonchev–Trinajstić information content (AvgIpc) is 2.38. The van der Waals surface area contributed by atoms with Crippen molar-refractivity contribution >= 4 is 24.0 Å². The van der Waals surface area contributed by atoms with Crippen molar-refractivity contribution in [3.8, 4) is 0 Å². The van der Waals surface area contributed by atoms with E-state index in [1.165, 1.54) is 6.08 Å². The summed E-state index contributed by atoms with van der Waals surface area (Å²) in [6.07, 6.45) is 1.68. The molecule has 0 aliphatic carbocycles. The molecule has 0 saturated carbocycles. The first-order valence-corrected chi connectivity index (χ1v) is 6.11. The monoisotopic (exact) mass is 287 g/mol. The molecule has 112 valence electrons. The highest BCUT2D eigenvalue weighted by Crippen LogP contribution is 2.15. The zero-order valence-corrected chi connectivity index (χ0v) is 10.9. The third-order valence-electron chi connectivity index (χ3n) is 2.52. The molecule has 0 aromatic heterocycles. The van der Waals surface area contributed by atoms with Crippen molar-refractivity contribution in [1.82, 2.24) is 0 Å². The molecule has 0 bridgehead atoms. The number of aliphatic imine (C=N–C) groups is 1. The minimum absolute atomic E-state index is 0.0184. The van der Waals surface area contributed by atoms with Crippen LogP contribution in [0.4, 0.5) is 0 Å². The van der Waals surface area contributed by atoms with Crippen molar-refractivity contribution in [3.63, 3.8) is 0 Å². The van der Waals surface area contributed by atoms with Crippen molar-refractivity contribution in [3.05, 3.63) is 0 Å². The van der Waals surface area contributed by atoms with Gasteiger partial charge in [-0.15, -0.1) is 0 Å². The van der Waals surface area contributed by atoms with E-state index in [0.717, 1.165) is 0 Å². The number of esters is 1. The van der Waals surface area contributed by atoms with E-state index < -0.39 is 23.8 Å². The van der Waals surface area contributed by atoms with Gasteiger partial charge >= 0.3 is 17.9 Å². The van der Waals surface area contributed by atoms with Gasteiger partial charge in [0.2, 0.25) is 6.08 Å². The Morgan fingerprint density at radius 2 is 1.85 bits per heavy atom. The second kappa shape index (κ2) is 10.7. The molecule has 2 N–H and O–H groups in total. The molecule has 0 aliphatic heterocycles. The minimum atomic E-state index is -1.07. The van der Waals surface area contributed by atoms with Crippen molar-refractivity contribution in [2.45, 2.75) is 32.1 Å². The van der Waals surface area contributed by atoms with Gasteiger partial charge in [-0.25, -0.2) is 9.79 Å². The zero-order valence-electron chi connectivity index (χ0n) is 10.9. The first-order chi connectivity index (χ1) is 9.47. The lowest BCUT2D eigenvalue weighted by atomic mass is 9.97. The minimum Gasteiger partial charge on any atom is -0.481 e. The Morgan fingerprint density at radius 3 is 2.40 bits per heavy atom. The van der Waals surface area contributed by atoms with Crippen LogP contribution in [0, 0.1) is 5.92 Å². The summed E-state index contributed by atoms with van der Waals surface area (Å²) in [6, 6.07) is 0. The number of carbonyl (C=O) groups excluding carboxylic acids is 2. The van der Waals surface area contributed by atoms with Crippen molar-refractivity contribution < 1.29 is 34.1 Å². The predicted molar refractivity (Wildman–Crippen MR) is 65.8 cm³/mol. The van der Waals surface area contributed by atoms with Crippen LogP contribution in [0.3, 0.4) is 0 Å². The van der Waals surface area contributed by atoms with Crippen molar-refractivity contribution in [2.24, 2.45) is 10.9 Å². The molecular formula is C12H17NO7. The van der Waals surface area contributed by atoms with E-state index in [1.807, 2.05) is 0 Å².